The lowest BCUT2D eigenvalue weighted by atomic mass is 9.29. The van der Waals surface area contributed by atoms with E-state index < -0.39 is 22.9 Å². The highest BCUT2D eigenvalue weighted by Crippen LogP contribution is 2.80. The Labute approximate surface area is 329 Å². The molecule has 0 heterocycles. The molecule has 5 aliphatic carbocycles. The summed E-state index contributed by atoms with van der Waals surface area (Å²) in [6.45, 7) is 23.7. The Bertz CT molecular complexity index is 1680. The van der Waals surface area contributed by atoms with Gasteiger partial charge in [0.2, 0.25) is 0 Å². The van der Waals surface area contributed by atoms with Crippen molar-refractivity contribution >= 4 is 29.3 Å². The van der Waals surface area contributed by atoms with Crippen LogP contribution in [-0.2, 0) is 25.7 Å². The summed E-state index contributed by atoms with van der Waals surface area (Å²) in [6.07, 6.45) is 7.33. The molecule has 54 heavy (non-hydrogen) atoms. The quantitative estimate of drug-likeness (QED) is 0.192. The van der Waals surface area contributed by atoms with Gasteiger partial charge in [-0.1, -0.05) is 93.0 Å². The van der Waals surface area contributed by atoms with E-state index in [1.54, 1.807) is 0 Å². The summed E-state index contributed by atoms with van der Waals surface area (Å²) >= 11 is 6.12. The summed E-state index contributed by atoms with van der Waals surface area (Å²) in [5, 5.41) is 25.9. The Hall–Kier alpha value is -2.22. The van der Waals surface area contributed by atoms with Gasteiger partial charge in [-0.25, -0.2) is 0 Å². The molecular weight excluding hydrogens is 698 g/mol. The Kier molecular flexibility index (Phi) is 10.7. The molecule has 8 heteroatoms. The number of aliphatic hydroxyl groups excluding tert-OH is 1. The first-order chi connectivity index (χ1) is 25.0. The summed E-state index contributed by atoms with van der Waals surface area (Å²) in [7, 11) is 0. The third-order valence-corrected chi connectivity index (χ3v) is 17.1. The number of ether oxygens (including phenoxy) is 1. The van der Waals surface area contributed by atoms with Crippen LogP contribution < -0.4 is 5.32 Å². The smallest absolute Gasteiger partial charge is 0.306 e. The minimum absolute atomic E-state index is 0.0242. The molecule has 4 fully saturated rings. The minimum Gasteiger partial charge on any atom is -0.481 e. The third kappa shape index (κ3) is 6.42. The van der Waals surface area contributed by atoms with Gasteiger partial charge in [0.25, 0.3) is 0 Å². The topological polar surface area (TPSA) is 113 Å². The lowest BCUT2D eigenvalue weighted by Gasteiger charge is -2.75. The number of aliphatic carboxylic acids is 1. The molecule has 0 saturated heterocycles. The predicted octanol–water partition coefficient (Wildman–Crippen LogP) is 9.96. The maximum atomic E-state index is 14.2. The molecule has 1 aromatic carbocycles. The highest BCUT2D eigenvalue weighted by atomic mass is 35.5. The second kappa shape index (κ2) is 14.0. The van der Waals surface area contributed by atoms with Crippen molar-refractivity contribution in [3.8, 4) is 0 Å². The summed E-state index contributed by atoms with van der Waals surface area (Å²) in [5.41, 5.74) is 1.71. The van der Waals surface area contributed by atoms with Crippen molar-refractivity contribution in [3.05, 3.63) is 46.0 Å². The van der Waals surface area contributed by atoms with Crippen molar-refractivity contribution in [2.45, 2.75) is 159 Å². The van der Waals surface area contributed by atoms with Crippen molar-refractivity contribution in [1.29, 1.82) is 0 Å². The number of carbonyl (C=O) groups excluding carboxylic acids is 2. The van der Waals surface area contributed by atoms with Crippen molar-refractivity contribution in [3.63, 3.8) is 0 Å². The van der Waals surface area contributed by atoms with Crippen molar-refractivity contribution in [2.75, 3.05) is 6.54 Å². The minimum atomic E-state index is -0.901. The third-order valence-electron chi connectivity index (χ3n) is 16.9. The predicted molar refractivity (Wildman–Crippen MR) is 214 cm³/mol. The van der Waals surface area contributed by atoms with Gasteiger partial charge in [0.15, 0.2) is 5.78 Å². The van der Waals surface area contributed by atoms with Crippen LogP contribution >= 0.6 is 11.6 Å². The van der Waals surface area contributed by atoms with Crippen LogP contribution in [0.3, 0.4) is 0 Å². The highest BCUT2D eigenvalue weighted by Gasteiger charge is 2.74. The monoisotopic (exact) mass is 765 g/mol. The second-order valence-electron chi connectivity index (χ2n) is 21.0. The molecule has 7 nitrogen and oxygen atoms in total. The molecule has 0 amide bonds. The molecule has 0 spiro atoms. The van der Waals surface area contributed by atoms with E-state index in [1.165, 1.54) is 5.57 Å². The first-order valence-electron chi connectivity index (χ1n) is 20.8. The summed E-state index contributed by atoms with van der Waals surface area (Å²) < 4.78 is 6.28. The van der Waals surface area contributed by atoms with Crippen molar-refractivity contribution < 1.29 is 29.3 Å². The van der Waals surface area contributed by atoms with Gasteiger partial charge in [-0.2, -0.15) is 0 Å². The normalized spacial score (nSPS) is 37.9. The lowest BCUT2D eigenvalue weighted by Crippen LogP contribution is -2.69. The van der Waals surface area contributed by atoms with Crippen LogP contribution in [0, 0.1) is 55.7 Å². The fourth-order valence-corrected chi connectivity index (χ4v) is 14.2. The molecule has 0 unspecified atom stereocenters. The Morgan fingerprint density at radius 3 is 2.20 bits per heavy atom. The molecule has 3 N–H and O–H groups in total. The van der Waals surface area contributed by atoms with Gasteiger partial charge in [-0.3, -0.25) is 14.4 Å². The molecule has 0 aliphatic heterocycles. The fraction of sp³-hybridized carbons (Fsp3) is 0.761. The number of carbonyl (C=O) groups is 3. The van der Waals surface area contributed by atoms with E-state index in [0.717, 1.165) is 62.5 Å². The van der Waals surface area contributed by atoms with Crippen LogP contribution in [0.2, 0.25) is 5.02 Å². The van der Waals surface area contributed by atoms with Gasteiger partial charge >= 0.3 is 11.9 Å². The molecule has 300 valence electrons. The van der Waals surface area contributed by atoms with E-state index in [0.29, 0.717) is 36.4 Å². The average molecular weight is 767 g/mol. The average Bonchev–Trinajstić information content (AvgIpc) is 3.38. The van der Waals surface area contributed by atoms with Crippen LogP contribution in [0.5, 0.6) is 0 Å². The van der Waals surface area contributed by atoms with E-state index in [2.05, 4.69) is 60.7 Å². The molecule has 1 aromatic rings. The maximum Gasteiger partial charge on any atom is 0.306 e. The Morgan fingerprint density at radius 1 is 0.926 bits per heavy atom. The van der Waals surface area contributed by atoms with E-state index in [-0.39, 0.29) is 63.7 Å². The molecule has 0 aromatic heterocycles. The number of carboxylic acids is 1. The first kappa shape index (κ1) is 41.4. The lowest BCUT2D eigenvalue weighted by molar-refractivity contribution is -0.252. The SMILES string of the molecule is CC(C)C1=C2[C@@]([C@H](O)CNCc3ccc(Cl)cc3)(CC[C@]3(C)[C@]2(C)CC[C@@H]2[C@@]4(C)CC[C@H](OC(=O)CC(C)(C)CC(=O)O)C(C)(C)[C@@H]4CC[C@]23C)CC1=O. The van der Waals surface area contributed by atoms with Crippen molar-refractivity contribution in [2.24, 2.45) is 55.7 Å². The van der Waals surface area contributed by atoms with Crippen LogP contribution in [0.25, 0.3) is 0 Å². The van der Waals surface area contributed by atoms with Crippen LogP contribution in [0.1, 0.15) is 145 Å². The number of hydrogen-bond donors (Lipinski definition) is 3. The number of nitrogens with one attached hydrogen (secondary N) is 1. The van der Waals surface area contributed by atoms with Gasteiger partial charge in [-0.05, 0) is 125 Å². The molecule has 4 saturated carbocycles. The molecule has 6 rings (SSSR count). The number of rotatable bonds is 11. The van der Waals surface area contributed by atoms with Crippen LogP contribution in [0.4, 0.5) is 0 Å². The number of allylic oxidation sites excluding steroid dienone is 1. The largest absolute Gasteiger partial charge is 0.481 e. The Balaban J connectivity index is 1.27. The van der Waals surface area contributed by atoms with E-state index >= 15 is 0 Å². The van der Waals surface area contributed by atoms with E-state index in [4.69, 9.17) is 16.3 Å². The number of hydrogen-bond acceptors (Lipinski definition) is 6. The number of aliphatic hydroxyl groups is 1. The molecule has 5 aliphatic rings. The Morgan fingerprint density at radius 2 is 1.57 bits per heavy atom. The van der Waals surface area contributed by atoms with Gasteiger partial charge < -0.3 is 20.3 Å². The van der Waals surface area contributed by atoms with Gasteiger partial charge in [0, 0.05) is 35.4 Å². The fourth-order valence-electron chi connectivity index (χ4n) is 14.0. The summed E-state index contributed by atoms with van der Waals surface area (Å²) in [4.78, 5) is 38.9. The van der Waals surface area contributed by atoms with Crippen molar-refractivity contribution in [1.82, 2.24) is 5.32 Å². The van der Waals surface area contributed by atoms with Gasteiger partial charge in [0.05, 0.1) is 18.9 Å². The number of benzene rings is 1. The highest BCUT2D eigenvalue weighted by molar-refractivity contribution is 6.30. The zero-order valence-electron chi connectivity index (χ0n) is 34.8. The summed E-state index contributed by atoms with van der Waals surface area (Å²) in [5.74, 6) is -0.0169. The number of esters is 1. The number of fused-ring (bicyclic) bond motifs is 7. The van der Waals surface area contributed by atoms with Gasteiger partial charge in [0.1, 0.15) is 6.10 Å². The maximum absolute atomic E-state index is 14.2. The number of ketones is 1. The molecule has 0 radical (unpaired) electrons. The number of carboxylic acid groups (broad SMARTS) is 1. The molecule has 9 atom stereocenters. The zero-order chi connectivity index (χ0) is 39.9. The van der Waals surface area contributed by atoms with Crippen LogP contribution in [-0.4, -0.2) is 46.7 Å². The summed E-state index contributed by atoms with van der Waals surface area (Å²) in [6, 6.07) is 7.80. The standard InChI is InChI=1S/C46H68ClNO6/c1-28(2)38-31(49)23-46(34(50)27-48-26-29-11-13-30(47)14-12-29)22-21-45(10)43(8)19-15-32-41(5,6)35(54-37(53)25-40(3,4)24-36(51)52)17-18-42(32,7)33(43)16-20-44(45,9)39(38)46/h11-14,28,32-35,48,50H,15-27H2,1-10H3,(H,51,52)/t32-,33+,34+,35-,42-,43+,44+,45-,46-/m0/s1. The number of halogens is 1. The van der Waals surface area contributed by atoms with Crippen LogP contribution in [0.15, 0.2) is 35.4 Å². The van der Waals surface area contributed by atoms with E-state index in [9.17, 15) is 24.6 Å². The van der Waals surface area contributed by atoms with Gasteiger partial charge in [-0.15, -0.1) is 0 Å². The van der Waals surface area contributed by atoms with E-state index in [1.807, 2.05) is 38.1 Å². The molecular formula is C46H68ClNO6. The second-order valence-corrected chi connectivity index (χ2v) is 21.4. The zero-order valence-corrected chi connectivity index (χ0v) is 35.5. The number of Topliss-reactive ketones (excluding diaryl/α,β-unsaturated/α-hetero) is 1. The first-order valence-corrected chi connectivity index (χ1v) is 21.2. The molecule has 0 bridgehead atoms.